The van der Waals surface area contributed by atoms with Crippen LogP contribution in [0.25, 0.3) is 0 Å². The lowest BCUT2D eigenvalue weighted by Crippen LogP contribution is -2.27. The van der Waals surface area contributed by atoms with E-state index in [0.717, 1.165) is 6.07 Å². The number of nitrogens with zero attached hydrogens (tertiary/aromatic N) is 3. The molecule has 0 radical (unpaired) electrons. The van der Waals surface area contributed by atoms with Crippen molar-refractivity contribution in [3.05, 3.63) is 66.0 Å². The first-order valence-corrected chi connectivity index (χ1v) is 6.77. The van der Waals surface area contributed by atoms with Crippen LogP contribution in [0.15, 0.2) is 27.5 Å². The molecule has 0 N–H and O–H groups in total. The van der Waals surface area contributed by atoms with Gasteiger partial charge in [-0.15, -0.1) is 0 Å². The molecule has 6 nitrogen and oxygen atoms in total. The van der Waals surface area contributed by atoms with Crippen LogP contribution in [-0.2, 0) is 6.54 Å². The van der Waals surface area contributed by atoms with Gasteiger partial charge >= 0.3 is 11.4 Å². The van der Waals surface area contributed by atoms with Crippen molar-refractivity contribution >= 4 is 21.6 Å². The van der Waals surface area contributed by atoms with E-state index >= 15 is 0 Å². The van der Waals surface area contributed by atoms with E-state index in [1.54, 1.807) is 13.8 Å². The fourth-order valence-corrected chi connectivity index (χ4v) is 2.27. The monoisotopic (exact) mass is 355 g/mol. The smallest absolute Gasteiger partial charge is 0.291 e. The Kier molecular flexibility index (Phi) is 4.17. The summed E-state index contributed by atoms with van der Waals surface area (Å²) in [5, 5.41) is 10.7. The Morgan fingerprint density at radius 2 is 2.10 bits per heavy atom. The van der Waals surface area contributed by atoms with Gasteiger partial charge in [-0.2, -0.15) is 9.37 Å². The lowest BCUT2D eigenvalue weighted by atomic mass is 10.1. The van der Waals surface area contributed by atoms with Crippen LogP contribution in [-0.4, -0.2) is 14.5 Å². The molecule has 0 amide bonds. The first kappa shape index (κ1) is 15.3. The molecule has 1 heterocycles. The van der Waals surface area contributed by atoms with Gasteiger partial charge in [0.05, 0.1) is 21.6 Å². The second kappa shape index (κ2) is 5.72. The molecule has 0 fully saturated rings. The minimum atomic E-state index is -0.939. The molecule has 0 aliphatic carbocycles. The highest BCUT2D eigenvalue weighted by Gasteiger charge is 2.19. The quantitative estimate of drug-likeness (QED) is 0.626. The number of aromatic nitrogens is 2. The number of hydrogen-bond donors (Lipinski definition) is 0. The lowest BCUT2D eigenvalue weighted by Gasteiger charge is -2.12. The summed E-state index contributed by atoms with van der Waals surface area (Å²) in [5.74, 6) is -0.939. The maximum atomic E-state index is 14.1. The summed E-state index contributed by atoms with van der Waals surface area (Å²) in [6, 6.07) is 3.87. The molecule has 0 unspecified atom stereocenters. The molecule has 0 atom stereocenters. The van der Waals surface area contributed by atoms with Gasteiger partial charge in [0.15, 0.2) is 0 Å². The van der Waals surface area contributed by atoms with Crippen LogP contribution in [0, 0.1) is 29.8 Å². The molecule has 0 saturated carbocycles. The van der Waals surface area contributed by atoms with Gasteiger partial charge in [-0.25, -0.2) is 4.79 Å². The third kappa shape index (κ3) is 2.85. The molecule has 0 aliphatic heterocycles. The van der Waals surface area contributed by atoms with Gasteiger partial charge in [-0.3, -0.25) is 14.7 Å². The third-order valence-corrected chi connectivity index (χ3v) is 4.27. The molecule has 1 aromatic heterocycles. The predicted molar refractivity (Wildman–Crippen MR) is 77.8 cm³/mol. The Morgan fingerprint density at radius 3 is 2.71 bits per heavy atom. The molecule has 0 spiro atoms. The van der Waals surface area contributed by atoms with Crippen LogP contribution in [0.3, 0.4) is 0 Å². The first-order valence-electron chi connectivity index (χ1n) is 5.98. The predicted octanol–water partition coefficient (Wildman–Crippen LogP) is 2.72. The van der Waals surface area contributed by atoms with Crippen LogP contribution in [0.1, 0.15) is 17.0 Å². The minimum absolute atomic E-state index is 0.0620. The van der Waals surface area contributed by atoms with E-state index in [2.05, 4.69) is 20.9 Å². The molecule has 0 bridgehead atoms. The normalized spacial score (nSPS) is 10.7. The molecular weight excluding hydrogens is 345 g/mol. The van der Waals surface area contributed by atoms with Crippen molar-refractivity contribution < 1.29 is 9.31 Å². The topological polar surface area (TPSA) is 78.0 Å². The highest BCUT2D eigenvalue weighted by atomic mass is 79.9. The number of nitro benzene ring substituents is 1. The summed E-state index contributed by atoms with van der Waals surface area (Å²) in [5.41, 5.74) is 0.0371. The van der Waals surface area contributed by atoms with Gasteiger partial charge in [0.1, 0.15) is 0 Å². The van der Waals surface area contributed by atoms with E-state index in [1.807, 2.05) is 0 Å². The highest BCUT2D eigenvalue weighted by Crippen LogP contribution is 2.22. The fourth-order valence-electron chi connectivity index (χ4n) is 1.96. The van der Waals surface area contributed by atoms with E-state index in [9.17, 15) is 19.3 Å². The zero-order valence-corrected chi connectivity index (χ0v) is 12.8. The Hall–Kier alpha value is -2.09. The zero-order valence-electron chi connectivity index (χ0n) is 11.3. The van der Waals surface area contributed by atoms with E-state index in [-0.39, 0.29) is 12.1 Å². The van der Waals surface area contributed by atoms with Crippen molar-refractivity contribution in [2.45, 2.75) is 20.4 Å². The number of halogens is 2. The Labute approximate surface area is 127 Å². The maximum Gasteiger partial charge on any atom is 0.348 e. The summed E-state index contributed by atoms with van der Waals surface area (Å²) in [6.45, 7) is 3.25. The highest BCUT2D eigenvalue weighted by molar-refractivity contribution is 9.10. The molecule has 110 valence electrons. The van der Waals surface area contributed by atoms with E-state index in [0.29, 0.717) is 15.9 Å². The Balaban J connectivity index is 2.54. The number of nitro groups is 1. The molecule has 8 heteroatoms. The standard InChI is InChI=1S/C13H11BrFN3O3/c1-7-11(14)8(2)17(13(19)16-7)6-9-4-3-5-10(12(9)15)18(20)21/h3-5H,6H2,1-2H3. The van der Waals surface area contributed by atoms with Gasteiger partial charge < -0.3 is 0 Å². The summed E-state index contributed by atoms with van der Waals surface area (Å²) >= 11 is 3.31. The molecule has 2 rings (SSSR count). The van der Waals surface area contributed by atoms with Crippen molar-refractivity contribution in [3.8, 4) is 0 Å². The van der Waals surface area contributed by atoms with Crippen LogP contribution in [0.2, 0.25) is 0 Å². The summed E-state index contributed by atoms with van der Waals surface area (Å²) in [4.78, 5) is 25.7. The summed E-state index contributed by atoms with van der Waals surface area (Å²) < 4.78 is 16.0. The van der Waals surface area contributed by atoms with E-state index in [1.165, 1.54) is 16.7 Å². The SMILES string of the molecule is Cc1nc(=O)n(Cc2cccc([N+](=O)[O-])c2F)c(C)c1Br. The summed E-state index contributed by atoms with van der Waals surface area (Å²) in [7, 11) is 0. The van der Waals surface area contributed by atoms with Crippen molar-refractivity contribution in [1.29, 1.82) is 0 Å². The van der Waals surface area contributed by atoms with Crippen LogP contribution >= 0.6 is 15.9 Å². The van der Waals surface area contributed by atoms with E-state index in [4.69, 9.17) is 0 Å². The zero-order chi connectivity index (χ0) is 15.7. The Bertz CT molecular complexity index is 789. The second-order valence-electron chi connectivity index (χ2n) is 4.47. The average molecular weight is 356 g/mol. The number of benzene rings is 1. The van der Waals surface area contributed by atoms with Gasteiger partial charge in [0, 0.05) is 17.3 Å². The van der Waals surface area contributed by atoms with Gasteiger partial charge in [0.25, 0.3) is 0 Å². The molecule has 0 saturated heterocycles. The van der Waals surface area contributed by atoms with Crippen LogP contribution in [0.4, 0.5) is 10.1 Å². The third-order valence-electron chi connectivity index (χ3n) is 3.12. The molecule has 21 heavy (non-hydrogen) atoms. The largest absolute Gasteiger partial charge is 0.348 e. The van der Waals surface area contributed by atoms with Gasteiger partial charge in [-0.05, 0) is 29.8 Å². The number of hydrogen-bond acceptors (Lipinski definition) is 4. The average Bonchev–Trinajstić information content (AvgIpc) is 2.42. The van der Waals surface area contributed by atoms with Crippen molar-refractivity contribution in [1.82, 2.24) is 9.55 Å². The maximum absolute atomic E-state index is 14.1. The van der Waals surface area contributed by atoms with Gasteiger partial charge in [-0.1, -0.05) is 12.1 Å². The fraction of sp³-hybridized carbons (Fsp3) is 0.231. The van der Waals surface area contributed by atoms with E-state index < -0.39 is 22.1 Å². The Morgan fingerprint density at radius 1 is 1.43 bits per heavy atom. The minimum Gasteiger partial charge on any atom is -0.291 e. The number of aryl methyl sites for hydroxylation is 1. The van der Waals surface area contributed by atoms with Crippen molar-refractivity contribution in [2.75, 3.05) is 0 Å². The molecule has 1 aromatic carbocycles. The van der Waals surface area contributed by atoms with Crippen LogP contribution < -0.4 is 5.69 Å². The van der Waals surface area contributed by atoms with Crippen LogP contribution in [0.5, 0.6) is 0 Å². The first-order chi connectivity index (χ1) is 9.82. The van der Waals surface area contributed by atoms with Crippen molar-refractivity contribution in [3.63, 3.8) is 0 Å². The summed E-state index contributed by atoms with van der Waals surface area (Å²) in [6.07, 6.45) is 0. The molecule has 0 aliphatic rings. The molecule has 2 aromatic rings. The second-order valence-corrected chi connectivity index (χ2v) is 5.27. The molecular formula is C13H11BrFN3O3. The van der Waals surface area contributed by atoms with Gasteiger partial charge in [0.2, 0.25) is 5.82 Å². The number of rotatable bonds is 3. The lowest BCUT2D eigenvalue weighted by molar-refractivity contribution is -0.387. The van der Waals surface area contributed by atoms with Crippen molar-refractivity contribution in [2.24, 2.45) is 0 Å².